The van der Waals surface area contributed by atoms with Gasteiger partial charge >= 0.3 is 0 Å². The number of benzene rings is 1. The molecule has 0 saturated heterocycles. The molecule has 2 rings (SSSR count). The molecular formula is C16H24ClNO. The maximum Gasteiger partial charge on any atom is 0.141 e. The normalized spacial score (nSPS) is 16.4. The molecule has 1 atom stereocenters. The van der Waals surface area contributed by atoms with Crippen LogP contribution in [0.3, 0.4) is 0 Å². The lowest BCUT2D eigenvalue weighted by Crippen LogP contribution is -2.21. The average molecular weight is 282 g/mol. The Bertz CT molecular complexity index is 429. The average Bonchev–Trinajstić information content (AvgIpc) is 3.20. The Balaban J connectivity index is 2.13. The summed E-state index contributed by atoms with van der Waals surface area (Å²) in [5.41, 5.74) is 8.43. The van der Waals surface area contributed by atoms with Gasteiger partial charge in [0.1, 0.15) is 5.75 Å². The zero-order valence-electron chi connectivity index (χ0n) is 11.9. The second-order valence-corrected chi connectivity index (χ2v) is 5.95. The molecule has 2 nitrogen and oxygen atoms in total. The highest BCUT2D eigenvalue weighted by molar-refractivity contribution is 6.32. The Kier molecular flexibility index (Phi) is 5.12. The summed E-state index contributed by atoms with van der Waals surface area (Å²) in [7, 11) is 0. The summed E-state index contributed by atoms with van der Waals surface area (Å²) in [4.78, 5) is 0. The van der Waals surface area contributed by atoms with Crippen LogP contribution in [0.25, 0.3) is 0 Å². The van der Waals surface area contributed by atoms with E-state index in [0.717, 1.165) is 42.6 Å². The van der Waals surface area contributed by atoms with Gasteiger partial charge in [-0.05, 0) is 55.2 Å². The summed E-state index contributed by atoms with van der Waals surface area (Å²) in [6.45, 7) is 5.06. The first-order valence-electron chi connectivity index (χ1n) is 7.33. The fourth-order valence-corrected chi connectivity index (χ4v) is 2.50. The largest absolute Gasteiger partial charge is 0.491 e. The summed E-state index contributed by atoms with van der Waals surface area (Å²) in [5.74, 6) is 1.62. The Labute approximate surface area is 121 Å². The molecule has 2 N–H and O–H groups in total. The van der Waals surface area contributed by atoms with Crippen LogP contribution in [0, 0.1) is 5.92 Å². The van der Waals surface area contributed by atoms with Gasteiger partial charge in [0, 0.05) is 6.04 Å². The predicted molar refractivity (Wildman–Crippen MR) is 81.0 cm³/mol. The van der Waals surface area contributed by atoms with E-state index in [4.69, 9.17) is 22.1 Å². The Morgan fingerprint density at radius 3 is 2.68 bits per heavy atom. The quantitative estimate of drug-likeness (QED) is 0.821. The molecule has 0 bridgehead atoms. The van der Waals surface area contributed by atoms with Gasteiger partial charge in [0.2, 0.25) is 0 Å². The Hall–Kier alpha value is -0.730. The maximum atomic E-state index is 6.38. The molecule has 1 aliphatic carbocycles. The molecule has 1 fully saturated rings. The predicted octanol–water partition coefficient (Wildman–Crippen LogP) is 3.97. The maximum absolute atomic E-state index is 6.38. The van der Waals surface area contributed by atoms with E-state index in [2.05, 4.69) is 19.9 Å². The van der Waals surface area contributed by atoms with Crippen LogP contribution in [0.1, 0.15) is 44.2 Å². The van der Waals surface area contributed by atoms with Crippen LogP contribution < -0.4 is 10.5 Å². The molecule has 1 aromatic carbocycles. The van der Waals surface area contributed by atoms with Gasteiger partial charge in [0.25, 0.3) is 0 Å². The molecule has 0 aliphatic heterocycles. The third kappa shape index (κ3) is 4.12. The van der Waals surface area contributed by atoms with Crippen molar-refractivity contribution in [2.45, 2.75) is 52.0 Å². The summed E-state index contributed by atoms with van der Waals surface area (Å²) in [6, 6.07) is 4.42. The zero-order chi connectivity index (χ0) is 13.8. The van der Waals surface area contributed by atoms with Crippen LogP contribution in [-0.4, -0.2) is 12.6 Å². The standard InChI is InChI=1S/C16H24ClNO/c1-3-13-7-12(8-14(18)4-2)9-15(17)16(13)19-10-11-5-6-11/h7,9,11,14H,3-6,8,10,18H2,1-2H3. The molecule has 1 aromatic rings. The van der Waals surface area contributed by atoms with E-state index >= 15 is 0 Å². The van der Waals surface area contributed by atoms with Crippen LogP contribution in [0.2, 0.25) is 5.02 Å². The minimum absolute atomic E-state index is 0.207. The number of halogens is 1. The van der Waals surface area contributed by atoms with Gasteiger partial charge in [-0.1, -0.05) is 31.5 Å². The van der Waals surface area contributed by atoms with Crippen molar-refractivity contribution in [1.82, 2.24) is 0 Å². The lowest BCUT2D eigenvalue weighted by molar-refractivity contribution is 0.297. The number of rotatable bonds is 7. The van der Waals surface area contributed by atoms with Gasteiger partial charge in [-0.15, -0.1) is 0 Å². The van der Waals surface area contributed by atoms with Crippen molar-refractivity contribution in [3.05, 3.63) is 28.3 Å². The molecule has 0 heterocycles. The fraction of sp³-hybridized carbons (Fsp3) is 0.625. The first-order chi connectivity index (χ1) is 9.13. The molecular weight excluding hydrogens is 258 g/mol. The second kappa shape index (κ2) is 6.62. The van der Waals surface area contributed by atoms with Crippen molar-refractivity contribution in [1.29, 1.82) is 0 Å². The number of nitrogens with two attached hydrogens (primary N) is 1. The first-order valence-corrected chi connectivity index (χ1v) is 7.71. The SMILES string of the molecule is CCc1cc(CC(N)CC)cc(Cl)c1OCC1CC1. The summed E-state index contributed by atoms with van der Waals surface area (Å²) < 4.78 is 5.91. The molecule has 0 aromatic heterocycles. The third-order valence-corrected chi connectivity index (χ3v) is 4.02. The van der Waals surface area contributed by atoms with Gasteiger partial charge in [-0.2, -0.15) is 0 Å². The minimum Gasteiger partial charge on any atom is -0.491 e. The van der Waals surface area contributed by atoms with Crippen molar-refractivity contribution >= 4 is 11.6 Å². The van der Waals surface area contributed by atoms with Gasteiger partial charge in [-0.3, -0.25) is 0 Å². The molecule has 1 unspecified atom stereocenters. The van der Waals surface area contributed by atoms with Gasteiger partial charge in [0.05, 0.1) is 11.6 Å². The molecule has 1 saturated carbocycles. The summed E-state index contributed by atoms with van der Waals surface area (Å²) >= 11 is 6.38. The van der Waals surface area contributed by atoms with Gasteiger partial charge in [-0.25, -0.2) is 0 Å². The number of aryl methyl sites for hydroxylation is 1. The van der Waals surface area contributed by atoms with E-state index in [1.807, 2.05) is 6.07 Å². The van der Waals surface area contributed by atoms with E-state index in [1.54, 1.807) is 0 Å². The molecule has 1 aliphatic rings. The van der Waals surface area contributed by atoms with Crippen molar-refractivity contribution in [2.75, 3.05) is 6.61 Å². The van der Waals surface area contributed by atoms with Crippen LogP contribution in [-0.2, 0) is 12.8 Å². The van der Waals surface area contributed by atoms with E-state index < -0.39 is 0 Å². The fourth-order valence-electron chi connectivity index (χ4n) is 2.19. The van der Waals surface area contributed by atoms with Crippen LogP contribution in [0.4, 0.5) is 0 Å². The minimum atomic E-state index is 0.207. The smallest absolute Gasteiger partial charge is 0.141 e. The molecule has 106 valence electrons. The molecule has 0 spiro atoms. The van der Waals surface area contributed by atoms with Crippen molar-refractivity contribution in [2.24, 2.45) is 11.7 Å². The van der Waals surface area contributed by atoms with Crippen LogP contribution >= 0.6 is 11.6 Å². The monoisotopic (exact) mass is 281 g/mol. The third-order valence-electron chi connectivity index (χ3n) is 3.74. The van der Waals surface area contributed by atoms with Crippen LogP contribution in [0.5, 0.6) is 5.75 Å². The topological polar surface area (TPSA) is 35.2 Å². The molecule has 0 radical (unpaired) electrons. The molecule has 19 heavy (non-hydrogen) atoms. The Morgan fingerprint density at radius 2 is 2.11 bits per heavy atom. The van der Waals surface area contributed by atoms with E-state index in [-0.39, 0.29) is 6.04 Å². The lowest BCUT2D eigenvalue weighted by Gasteiger charge is -2.16. The first kappa shape index (κ1) is 14.7. The molecule has 0 amide bonds. The van der Waals surface area contributed by atoms with Gasteiger partial charge in [0.15, 0.2) is 0 Å². The highest BCUT2D eigenvalue weighted by Crippen LogP contribution is 2.35. The van der Waals surface area contributed by atoms with Crippen molar-refractivity contribution in [3.63, 3.8) is 0 Å². The van der Waals surface area contributed by atoms with Crippen molar-refractivity contribution in [3.8, 4) is 5.75 Å². The zero-order valence-corrected chi connectivity index (χ0v) is 12.7. The van der Waals surface area contributed by atoms with Crippen LogP contribution in [0.15, 0.2) is 12.1 Å². The second-order valence-electron chi connectivity index (χ2n) is 5.55. The highest BCUT2D eigenvalue weighted by atomic mass is 35.5. The summed E-state index contributed by atoms with van der Waals surface area (Å²) in [6.07, 6.45) is 5.39. The van der Waals surface area contributed by atoms with Gasteiger partial charge < -0.3 is 10.5 Å². The number of hydrogen-bond donors (Lipinski definition) is 1. The van der Waals surface area contributed by atoms with E-state index in [1.165, 1.54) is 24.0 Å². The molecule has 3 heteroatoms. The van der Waals surface area contributed by atoms with E-state index in [0.29, 0.717) is 0 Å². The highest BCUT2D eigenvalue weighted by Gasteiger charge is 2.23. The van der Waals surface area contributed by atoms with Crippen molar-refractivity contribution < 1.29 is 4.74 Å². The summed E-state index contributed by atoms with van der Waals surface area (Å²) in [5, 5.41) is 0.735. The lowest BCUT2D eigenvalue weighted by atomic mass is 10.0. The van der Waals surface area contributed by atoms with E-state index in [9.17, 15) is 0 Å². The Morgan fingerprint density at radius 1 is 1.37 bits per heavy atom. The number of ether oxygens (including phenoxy) is 1. The number of hydrogen-bond acceptors (Lipinski definition) is 2.